The van der Waals surface area contributed by atoms with Gasteiger partial charge in [0.15, 0.2) is 5.78 Å². The summed E-state index contributed by atoms with van der Waals surface area (Å²) in [5.41, 5.74) is 1.25. The molecule has 200 valence electrons. The molecule has 0 aromatic carbocycles. The molecule has 5 rings (SSSR count). The smallest absolute Gasteiger partial charge is 0.312 e. The van der Waals surface area contributed by atoms with Crippen LogP contribution in [0.2, 0.25) is 0 Å². The van der Waals surface area contributed by atoms with E-state index in [-0.39, 0.29) is 33.4 Å². The molecule has 4 nitrogen and oxygen atoms in total. The Hall–Kier alpha value is -1.58. The van der Waals surface area contributed by atoms with E-state index in [4.69, 9.17) is 4.74 Å². The molecule has 5 aliphatic rings. The number of ketones is 1. The largest absolute Gasteiger partial charge is 0.515 e. The third kappa shape index (κ3) is 2.94. The van der Waals surface area contributed by atoms with Crippen molar-refractivity contribution in [1.29, 1.82) is 0 Å². The number of methoxy groups -OCH3 is 1. The molecule has 5 fully saturated rings. The van der Waals surface area contributed by atoms with Gasteiger partial charge in [-0.05, 0) is 111 Å². The minimum absolute atomic E-state index is 0.00603. The number of carbonyl (C=O) groups is 2. The molecule has 0 heterocycles. The summed E-state index contributed by atoms with van der Waals surface area (Å²) in [6, 6.07) is 0. The lowest BCUT2D eigenvalue weighted by Crippen LogP contribution is -2.67. The molecule has 1 N–H and O–H groups in total. The number of fused-ring (bicyclic) bond motifs is 7. The van der Waals surface area contributed by atoms with Crippen LogP contribution in [0.25, 0.3) is 0 Å². The molecule has 0 unspecified atom stereocenters. The van der Waals surface area contributed by atoms with E-state index >= 15 is 0 Å². The van der Waals surface area contributed by atoms with E-state index in [0.29, 0.717) is 41.6 Å². The standard InChI is InChI=1S/C32H48O4/c1-19(2)21-11-14-32(27(35)36-8)16-15-30(6)22(25(21)32)9-10-24-29(5)17-20(18-33)26(34)28(3,4)23(29)12-13-31(24,30)7/h18,21-25,33H,1,9-17H2,2-8H3/b20-18-/t21-,22+,23-,24+,25+,29-,30+,31+,32-/m0/s1. The molecule has 5 saturated carbocycles. The summed E-state index contributed by atoms with van der Waals surface area (Å²) >= 11 is 0. The minimum atomic E-state index is -0.455. The van der Waals surface area contributed by atoms with Crippen LogP contribution < -0.4 is 0 Å². The maximum atomic E-state index is 13.4. The number of rotatable bonds is 2. The molecule has 36 heavy (non-hydrogen) atoms. The summed E-state index contributed by atoms with van der Waals surface area (Å²) in [6.45, 7) is 18.3. The molecule has 0 spiro atoms. The molecule has 0 aliphatic heterocycles. The number of hydrogen-bond donors (Lipinski definition) is 1. The first kappa shape index (κ1) is 26.0. The van der Waals surface area contributed by atoms with Crippen LogP contribution in [0.3, 0.4) is 0 Å². The Kier molecular flexibility index (Phi) is 5.76. The molecule has 0 radical (unpaired) electrons. The van der Waals surface area contributed by atoms with Crippen LogP contribution >= 0.6 is 0 Å². The fourth-order valence-electron chi connectivity index (χ4n) is 11.7. The molecular formula is C32H48O4. The van der Waals surface area contributed by atoms with Gasteiger partial charge in [-0.1, -0.05) is 46.8 Å². The lowest BCUT2D eigenvalue weighted by Gasteiger charge is -2.72. The fourth-order valence-corrected chi connectivity index (χ4v) is 11.7. The molecule has 9 atom stereocenters. The second kappa shape index (κ2) is 7.96. The van der Waals surface area contributed by atoms with Gasteiger partial charge in [0.2, 0.25) is 0 Å². The van der Waals surface area contributed by atoms with Gasteiger partial charge in [-0.3, -0.25) is 9.59 Å². The molecule has 0 amide bonds. The third-order valence-electron chi connectivity index (χ3n) is 13.4. The average molecular weight is 497 g/mol. The predicted octanol–water partition coefficient (Wildman–Crippen LogP) is 7.44. The molecule has 0 saturated heterocycles. The first-order valence-electron chi connectivity index (χ1n) is 14.4. The van der Waals surface area contributed by atoms with Gasteiger partial charge in [0.1, 0.15) is 0 Å². The van der Waals surface area contributed by atoms with Gasteiger partial charge in [-0.2, -0.15) is 0 Å². The van der Waals surface area contributed by atoms with Crippen molar-refractivity contribution in [1.82, 2.24) is 0 Å². The Bertz CT molecular complexity index is 1020. The Morgan fingerprint density at radius 3 is 2.28 bits per heavy atom. The van der Waals surface area contributed by atoms with Gasteiger partial charge in [-0.25, -0.2) is 0 Å². The quantitative estimate of drug-likeness (QED) is 0.187. The van der Waals surface area contributed by atoms with E-state index in [0.717, 1.165) is 57.6 Å². The summed E-state index contributed by atoms with van der Waals surface area (Å²) in [5.74, 6) is 2.12. The molecule has 0 bridgehead atoms. The third-order valence-corrected chi connectivity index (χ3v) is 13.4. The lowest BCUT2D eigenvalue weighted by molar-refractivity contribution is -0.232. The van der Waals surface area contributed by atoms with Crippen molar-refractivity contribution in [3.8, 4) is 0 Å². The van der Waals surface area contributed by atoms with Crippen LogP contribution in [0.5, 0.6) is 0 Å². The average Bonchev–Trinajstić information content (AvgIpc) is 3.22. The van der Waals surface area contributed by atoms with Crippen molar-refractivity contribution in [3.05, 3.63) is 24.0 Å². The summed E-state index contributed by atoms with van der Waals surface area (Å²) in [7, 11) is 1.56. The van der Waals surface area contributed by atoms with E-state index in [1.165, 1.54) is 5.57 Å². The SMILES string of the molecule is C=C(C)[C@@H]1CC[C@]2(C(=O)OC)CC[C@]3(C)[C@H](CC[C@@H]4[C@@]5(C)C/C(=C/O)C(=O)C(C)(C)[C@@H]5CC[C@]43C)[C@@H]12. The van der Waals surface area contributed by atoms with Crippen LogP contribution in [-0.2, 0) is 14.3 Å². The number of hydrogen-bond acceptors (Lipinski definition) is 4. The van der Waals surface area contributed by atoms with Gasteiger partial charge in [-0.15, -0.1) is 0 Å². The molecular weight excluding hydrogens is 448 g/mol. The first-order chi connectivity index (χ1) is 16.7. The number of Topliss-reactive ketones (excluding diaryl/α,β-unsaturated/α-hetero) is 1. The lowest BCUT2D eigenvalue weighted by atomic mass is 9.32. The van der Waals surface area contributed by atoms with Gasteiger partial charge in [0.25, 0.3) is 0 Å². The van der Waals surface area contributed by atoms with Crippen LogP contribution in [0.4, 0.5) is 0 Å². The van der Waals surface area contributed by atoms with Crippen molar-refractivity contribution in [2.75, 3.05) is 7.11 Å². The molecule has 4 heteroatoms. The predicted molar refractivity (Wildman–Crippen MR) is 142 cm³/mol. The topological polar surface area (TPSA) is 63.6 Å². The first-order valence-corrected chi connectivity index (χ1v) is 14.4. The highest BCUT2D eigenvalue weighted by Crippen LogP contribution is 2.77. The van der Waals surface area contributed by atoms with Crippen LogP contribution in [-0.4, -0.2) is 24.0 Å². The Balaban J connectivity index is 1.59. The monoisotopic (exact) mass is 496 g/mol. The maximum absolute atomic E-state index is 13.4. The van der Waals surface area contributed by atoms with Crippen LogP contribution in [0, 0.1) is 56.7 Å². The van der Waals surface area contributed by atoms with E-state index in [2.05, 4.69) is 48.1 Å². The van der Waals surface area contributed by atoms with E-state index < -0.39 is 5.41 Å². The number of aliphatic hydroxyl groups excluding tert-OH is 1. The normalized spacial score (nSPS) is 50.5. The Labute approximate surface area is 218 Å². The number of esters is 1. The van der Waals surface area contributed by atoms with E-state index in [1.54, 1.807) is 7.11 Å². The van der Waals surface area contributed by atoms with Gasteiger partial charge >= 0.3 is 5.97 Å². The summed E-state index contributed by atoms with van der Waals surface area (Å²) in [6.07, 6.45) is 10.2. The summed E-state index contributed by atoms with van der Waals surface area (Å²) in [4.78, 5) is 26.7. The number of ether oxygens (including phenoxy) is 1. The second-order valence-corrected chi connectivity index (χ2v) is 14.7. The van der Waals surface area contributed by atoms with Crippen molar-refractivity contribution in [2.24, 2.45) is 56.7 Å². The minimum Gasteiger partial charge on any atom is -0.515 e. The highest BCUT2D eigenvalue weighted by molar-refractivity contribution is 6.00. The molecule has 0 aromatic rings. The van der Waals surface area contributed by atoms with Crippen molar-refractivity contribution < 1.29 is 19.4 Å². The maximum Gasteiger partial charge on any atom is 0.312 e. The fraction of sp³-hybridized carbons (Fsp3) is 0.812. The Morgan fingerprint density at radius 1 is 0.972 bits per heavy atom. The number of allylic oxidation sites excluding steroid dienone is 2. The van der Waals surface area contributed by atoms with Crippen LogP contribution in [0.15, 0.2) is 24.0 Å². The van der Waals surface area contributed by atoms with E-state index in [9.17, 15) is 14.7 Å². The zero-order valence-corrected chi connectivity index (χ0v) is 23.7. The van der Waals surface area contributed by atoms with Crippen molar-refractivity contribution in [2.45, 2.75) is 99.3 Å². The second-order valence-electron chi connectivity index (χ2n) is 14.7. The van der Waals surface area contributed by atoms with Gasteiger partial charge in [0.05, 0.1) is 18.8 Å². The summed E-state index contributed by atoms with van der Waals surface area (Å²) < 4.78 is 5.48. The van der Waals surface area contributed by atoms with Crippen molar-refractivity contribution in [3.63, 3.8) is 0 Å². The zero-order valence-electron chi connectivity index (χ0n) is 23.7. The number of aliphatic hydroxyl groups is 1. The molecule has 5 aliphatic carbocycles. The van der Waals surface area contributed by atoms with E-state index in [1.807, 2.05) is 0 Å². The highest BCUT2D eigenvalue weighted by Gasteiger charge is 2.72. The number of carbonyl (C=O) groups excluding carboxylic acids is 2. The highest BCUT2D eigenvalue weighted by atomic mass is 16.5. The van der Waals surface area contributed by atoms with Crippen molar-refractivity contribution >= 4 is 11.8 Å². The Morgan fingerprint density at radius 2 is 1.67 bits per heavy atom. The van der Waals surface area contributed by atoms with Gasteiger partial charge in [0, 0.05) is 11.0 Å². The zero-order chi connectivity index (χ0) is 26.5. The summed E-state index contributed by atoms with van der Waals surface area (Å²) in [5, 5.41) is 10.0. The molecule has 0 aromatic heterocycles. The van der Waals surface area contributed by atoms with Gasteiger partial charge < -0.3 is 9.84 Å². The van der Waals surface area contributed by atoms with Crippen LogP contribution in [0.1, 0.15) is 99.3 Å².